The van der Waals surface area contributed by atoms with Crippen molar-refractivity contribution in [2.45, 2.75) is 59.5 Å². The standard InChI is InChI=1S/C12H13Cl3O.C12H12Cl2O/c13-8-12(16,11(15)5-6-11)7-9-3-1-2-4-10(9)14;13-10-4-2-1-3-9(10)7-12(8-15-12)11(14)5-6-11/h1-4,16H,5-8H2;1-4H,5-8H2. The minimum atomic E-state index is -1.07. The van der Waals surface area contributed by atoms with Gasteiger partial charge in [-0.3, -0.25) is 0 Å². The lowest BCUT2D eigenvalue weighted by Gasteiger charge is -2.31. The Kier molecular flexibility index (Phi) is 6.85. The fourth-order valence-electron chi connectivity index (χ4n) is 3.98. The molecule has 0 bridgehead atoms. The molecular weight excluding hydrogens is 498 g/mol. The Morgan fingerprint density at radius 1 is 0.871 bits per heavy atom. The highest BCUT2D eigenvalue weighted by Crippen LogP contribution is 2.59. The van der Waals surface area contributed by atoms with Crippen LogP contribution in [-0.4, -0.2) is 38.5 Å². The second-order valence-electron chi connectivity index (χ2n) is 8.92. The SMILES string of the molecule is Clc1ccccc1CC1(C2(Cl)CC2)CO1.OC(CCl)(Cc1ccccc1Cl)C1(Cl)CC1. The van der Waals surface area contributed by atoms with Crippen LogP contribution in [0.2, 0.25) is 10.0 Å². The Hall–Kier alpha value is -0.190. The van der Waals surface area contributed by atoms with Crippen LogP contribution < -0.4 is 0 Å². The molecule has 168 valence electrons. The van der Waals surface area contributed by atoms with E-state index in [9.17, 15) is 5.11 Å². The van der Waals surface area contributed by atoms with Crippen molar-refractivity contribution < 1.29 is 9.84 Å². The largest absolute Gasteiger partial charge is 0.386 e. The minimum absolute atomic E-state index is 0.105. The van der Waals surface area contributed by atoms with Gasteiger partial charge in [0.05, 0.1) is 22.2 Å². The van der Waals surface area contributed by atoms with Gasteiger partial charge in [0.15, 0.2) is 0 Å². The summed E-state index contributed by atoms with van der Waals surface area (Å²) in [6.45, 7) is 0.779. The van der Waals surface area contributed by atoms with Crippen molar-refractivity contribution in [3.8, 4) is 0 Å². The van der Waals surface area contributed by atoms with E-state index >= 15 is 0 Å². The molecule has 2 atom stereocenters. The van der Waals surface area contributed by atoms with Crippen LogP contribution in [0, 0.1) is 0 Å². The molecule has 5 rings (SSSR count). The monoisotopic (exact) mass is 520 g/mol. The molecule has 2 unspecified atom stereocenters. The third-order valence-electron chi connectivity index (χ3n) is 6.62. The number of benzene rings is 2. The molecular formula is C24H25Cl5O2. The normalized spacial score (nSPS) is 26.3. The molecule has 0 spiro atoms. The Morgan fingerprint density at radius 2 is 1.39 bits per heavy atom. The van der Waals surface area contributed by atoms with Crippen molar-refractivity contribution in [2.24, 2.45) is 0 Å². The highest BCUT2D eigenvalue weighted by Gasteiger charge is 2.66. The molecule has 1 saturated heterocycles. The van der Waals surface area contributed by atoms with Crippen LogP contribution in [0.3, 0.4) is 0 Å². The van der Waals surface area contributed by atoms with Gasteiger partial charge in [0.25, 0.3) is 0 Å². The first-order valence-corrected chi connectivity index (χ1v) is 12.5. The Labute approximate surface area is 208 Å². The van der Waals surface area contributed by atoms with Crippen molar-refractivity contribution in [3.63, 3.8) is 0 Å². The van der Waals surface area contributed by atoms with Gasteiger partial charge in [-0.15, -0.1) is 34.8 Å². The van der Waals surface area contributed by atoms with E-state index in [1.165, 1.54) is 0 Å². The summed E-state index contributed by atoms with van der Waals surface area (Å²) < 4.78 is 5.59. The zero-order chi connectivity index (χ0) is 22.3. The van der Waals surface area contributed by atoms with Gasteiger partial charge in [-0.2, -0.15) is 0 Å². The van der Waals surface area contributed by atoms with E-state index in [-0.39, 0.29) is 16.4 Å². The molecule has 2 aliphatic carbocycles. The Balaban J connectivity index is 0.000000149. The molecule has 0 aromatic heterocycles. The van der Waals surface area contributed by atoms with Gasteiger partial charge in [-0.1, -0.05) is 59.6 Å². The third-order valence-corrected chi connectivity index (χ3v) is 9.25. The summed E-state index contributed by atoms with van der Waals surface area (Å²) >= 11 is 30.8. The smallest absolute Gasteiger partial charge is 0.115 e. The average Bonchev–Trinajstić information content (AvgIpc) is 3.63. The lowest BCUT2D eigenvalue weighted by atomic mass is 9.91. The number of epoxide rings is 1. The van der Waals surface area contributed by atoms with E-state index in [0.29, 0.717) is 11.4 Å². The van der Waals surface area contributed by atoms with Crippen LogP contribution in [-0.2, 0) is 17.6 Å². The number of ether oxygens (including phenoxy) is 1. The molecule has 3 fully saturated rings. The van der Waals surface area contributed by atoms with Crippen LogP contribution in [0.25, 0.3) is 0 Å². The zero-order valence-electron chi connectivity index (χ0n) is 17.0. The maximum Gasteiger partial charge on any atom is 0.115 e. The predicted octanol–water partition coefficient (Wildman–Crippen LogP) is 7.05. The Morgan fingerprint density at radius 3 is 1.81 bits per heavy atom. The van der Waals surface area contributed by atoms with Gasteiger partial charge in [-0.05, 0) is 48.9 Å². The molecule has 2 aromatic carbocycles. The maximum atomic E-state index is 10.5. The van der Waals surface area contributed by atoms with Crippen LogP contribution in [0.5, 0.6) is 0 Å². The Bertz CT molecular complexity index is 937. The lowest BCUT2D eigenvalue weighted by Crippen LogP contribution is -2.45. The van der Waals surface area contributed by atoms with Crippen molar-refractivity contribution in [3.05, 3.63) is 69.7 Å². The number of hydrogen-bond donors (Lipinski definition) is 1. The summed E-state index contributed by atoms with van der Waals surface area (Å²) in [5, 5.41) is 11.9. The molecule has 2 aromatic rings. The predicted molar refractivity (Wildman–Crippen MR) is 130 cm³/mol. The first-order chi connectivity index (χ1) is 14.7. The topological polar surface area (TPSA) is 32.8 Å². The first-order valence-electron chi connectivity index (χ1n) is 10.4. The van der Waals surface area contributed by atoms with Gasteiger partial charge in [0.1, 0.15) is 11.2 Å². The van der Waals surface area contributed by atoms with Gasteiger partial charge in [0, 0.05) is 22.9 Å². The molecule has 0 amide bonds. The van der Waals surface area contributed by atoms with Crippen molar-refractivity contribution in [1.29, 1.82) is 0 Å². The quantitative estimate of drug-likeness (QED) is 0.312. The summed E-state index contributed by atoms with van der Waals surface area (Å²) in [5.74, 6) is 0.127. The fraction of sp³-hybridized carbons (Fsp3) is 0.500. The maximum absolute atomic E-state index is 10.5. The van der Waals surface area contributed by atoms with E-state index in [2.05, 4.69) is 0 Å². The molecule has 1 heterocycles. The molecule has 1 aliphatic heterocycles. The van der Waals surface area contributed by atoms with E-state index in [0.717, 1.165) is 54.9 Å². The summed E-state index contributed by atoms with van der Waals surface area (Å²) in [6, 6.07) is 15.4. The van der Waals surface area contributed by atoms with Crippen LogP contribution in [0.1, 0.15) is 36.8 Å². The van der Waals surface area contributed by atoms with Gasteiger partial charge < -0.3 is 9.84 Å². The molecule has 31 heavy (non-hydrogen) atoms. The highest BCUT2D eigenvalue weighted by molar-refractivity contribution is 6.32. The molecule has 3 aliphatic rings. The van der Waals surface area contributed by atoms with Crippen molar-refractivity contribution in [2.75, 3.05) is 12.5 Å². The summed E-state index contributed by atoms with van der Waals surface area (Å²) in [6.07, 6.45) is 5.00. The van der Waals surface area contributed by atoms with Crippen molar-refractivity contribution >= 4 is 58.0 Å². The summed E-state index contributed by atoms with van der Waals surface area (Å²) in [7, 11) is 0. The van der Waals surface area contributed by atoms with Gasteiger partial charge >= 0.3 is 0 Å². The molecule has 1 N–H and O–H groups in total. The summed E-state index contributed by atoms with van der Waals surface area (Å²) in [4.78, 5) is -0.667. The molecule has 0 radical (unpaired) electrons. The van der Waals surface area contributed by atoms with Crippen LogP contribution in [0.4, 0.5) is 0 Å². The third kappa shape index (κ3) is 5.01. The average molecular weight is 523 g/mol. The number of hydrogen-bond acceptors (Lipinski definition) is 2. The van der Waals surface area contributed by atoms with E-state index in [1.54, 1.807) is 6.07 Å². The molecule has 2 nitrogen and oxygen atoms in total. The highest BCUT2D eigenvalue weighted by atomic mass is 35.5. The van der Waals surface area contributed by atoms with E-state index in [4.69, 9.17) is 62.7 Å². The van der Waals surface area contributed by atoms with Crippen LogP contribution in [0.15, 0.2) is 48.5 Å². The number of alkyl halides is 3. The van der Waals surface area contributed by atoms with E-state index < -0.39 is 10.5 Å². The van der Waals surface area contributed by atoms with Gasteiger partial charge in [-0.25, -0.2) is 0 Å². The van der Waals surface area contributed by atoms with Crippen molar-refractivity contribution in [1.82, 2.24) is 0 Å². The van der Waals surface area contributed by atoms with Crippen LogP contribution >= 0.6 is 58.0 Å². The molecule has 7 heteroatoms. The fourth-order valence-corrected chi connectivity index (χ4v) is 5.30. The summed E-state index contributed by atoms with van der Waals surface area (Å²) in [5.41, 5.74) is 0.837. The van der Waals surface area contributed by atoms with E-state index in [1.807, 2.05) is 42.5 Å². The second kappa shape index (κ2) is 8.87. The number of rotatable bonds is 7. The lowest BCUT2D eigenvalue weighted by molar-refractivity contribution is 0.0513. The molecule has 2 saturated carbocycles. The number of aliphatic hydroxyl groups is 1. The number of halogens is 5. The zero-order valence-corrected chi connectivity index (χ0v) is 20.8. The minimum Gasteiger partial charge on any atom is -0.386 e. The first kappa shape index (κ1) is 24.0. The van der Waals surface area contributed by atoms with Gasteiger partial charge in [0.2, 0.25) is 0 Å². The second-order valence-corrected chi connectivity index (χ2v) is 11.4.